The molecule has 0 aromatic heterocycles. The molecule has 0 spiro atoms. The molecular formula is C10H18N2O2S. The number of hydrogen-bond acceptors (Lipinski definition) is 3. The van der Waals surface area contributed by atoms with Gasteiger partial charge in [0.15, 0.2) is 0 Å². The Morgan fingerprint density at radius 2 is 2.27 bits per heavy atom. The third kappa shape index (κ3) is 3.74. The summed E-state index contributed by atoms with van der Waals surface area (Å²) < 4.78 is 0. The Hall–Kier alpha value is -0.710. The number of nitrogens with zero attached hydrogens (tertiary/aromatic N) is 1. The average molecular weight is 230 g/mol. The molecule has 1 aliphatic heterocycles. The summed E-state index contributed by atoms with van der Waals surface area (Å²) in [6.07, 6.45) is 0.963. The lowest BCUT2D eigenvalue weighted by Crippen LogP contribution is -2.56. The van der Waals surface area contributed by atoms with E-state index in [4.69, 9.17) is 0 Å². The summed E-state index contributed by atoms with van der Waals surface area (Å²) in [5.74, 6) is 2.14. The summed E-state index contributed by atoms with van der Waals surface area (Å²) in [6, 6.07) is -0.356. The van der Waals surface area contributed by atoms with Crippen molar-refractivity contribution in [3.05, 3.63) is 0 Å². The van der Waals surface area contributed by atoms with Crippen LogP contribution in [-0.2, 0) is 9.59 Å². The van der Waals surface area contributed by atoms with Crippen LogP contribution in [0.3, 0.4) is 0 Å². The molecule has 4 nitrogen and oxygen atoms in total. The molecule has 86 valence electrons. The molecule has 1 aliphatic rings. The normalized spacial score (nSPS) is 21.7. The van der Waals surface area contributed by atoms with Gasteiger partial charge in [-0.05, 0) is 24.9 Å². The first-order valence-corrected chi connectivity index (χ1v) is 6.46. The summed E-state index contributed by atoms with van der Waals surface area (Å²) in [5, 5.41) is 2.63. The van der Waals surface area contributed by atoms with Gasteiger partial charge >= 0.3 is 0 Å². The molecule has 0 saturated carbocycles. The minimum absolute atomic E-state index is 0.0381. The van der Waals surface area contributed by atoms with E-state index in [1.54, 1.807) is 11.8 Å². The van der Waals surface area contributed by atoms with E-state index >= 15 is 0 Å². The fraction of sp³-hybridized carbons (Fsp3) is 0.800. The predicted molar refractivity (Wildman–Crippen MR) is 61.8 cm³/mol. The second kappa shape index (κ2) is 6.00. The Kier molecular flexibility index (Phi) is 4.94. The molecule has 1 atom stereocenters. The first kappa shape index (κ1) is 12.4. The van der Waals surface area contributed by atoms with Gasteiger partial charge in [0.25, 0.3) is 0 Å². The number of amides is 2. The van der Waals surface area contributed by atoms with Gasteiger partial charge in [-0.2, -0.15) is 11.8 Å². The molecule has 0 aliphatic carbocycles. The van der Waals surface area contributed by atoms with Crippen LogP contribution in [0.15, 0.2) is 0 Å². The molecule has 1 N–H and O–H groups in total. The van der Waals surface area contributed by atoms with Gasteiger partial charge in [0.2, 0.25) is 11.8 Å². The summed E-state index contributed by atoms with van der Waals surface area (Å²) in [4.78, 5) is 24.5. The first-order valence-electron chi connectivity index (χ1n) is 5.31. The molecule has 1 fully saturated rings. The fourth-order valence-corrected chi connectivity index (χ4v) is 2.19. The summed E-state index contributed by atoms with van der Waals surface area (Å²) in [7, 11) is 0. The van der Waals surface area contributed by atoms with Crippen molar-refractivity contribution < 1.29 is 9.59 Å². The quantitative estimate of drug-likeness (QED) is 0.699. The van der Waals surface area contributed by atoms with E-state index in [2.05, 4.69) is 12.2 Å². The van der Waals surface area contributed by atoms with Crippen LogP contribution in [-0.4, -0.2) is 47.4 Å². The van der Waals surface area contributed by atoms with E-state index in [1.807, 2.05) is 11.8 Å². The van der Waals surface area contributed by atoms with Gasteiger partial charge in [0.1, 0.15) is 6.04 Å². The summed E-state index contributed by atoms with van der Waals surface area (Å²) >= 11 is 1.86. The van der Waals surface area contributed by atoms with Crippen molar-refractivity contribution >= 4 is 23.6 Å². The van der Waals surface area contributed by atoms with Crippen LogP contribution in [0.1, 0.15) is 20.3 Å². The fourth-order valence-electron chi connectivity index (χ4n) is 1.57. The van der Waals surface area contributed by atoms with E-state index in [0.717, 1.165) is 17.9 Å². The van der Waals surface area contributed by atoms with Crippen molar-refractivity contribution in [3.8, 4) is 0 Å². The van der Waals surface area contributed by atoms with Crippen molar-refractivity contribution in [2.75, 3.05) is 24.6 Å². The molecule has 5 heteroatoms. The summed E-state index contributed by atoms with van der Waals surface area (Å²) in [5.41, 5.74) is 0. The number of carbonyl (C=O) groups is 2. The van der Waals surface area contributed by atoms with Gasteiger partial charge < -0.3 is 10.2 Å². The second-order valence-electron chi connectivity index (χ2n) is 3.60. The van der Waals surface area contributed by atoms with Crippen LogP contribution in [0.25, 0.3) is 0 Å². The molecule has 1 heterocycles. The molecule has 2 amide bonds. The van der Waals surface area contributed by atoms with Crippen molar-refractivity contribution in [1.29, 1.82) is 0 Å². The molecule has 0 aromatic rings. The Labute approximate surface area is 94.8 Å². The van der Waals surface area contributed by atoms with Crippen LogP contribution in [0.2, 0.25) is 0 Å². The van der Waals surface area contributed by atoms with Crippen LogP contribution in [0.4, 0.5) is 0 Å². The highest BCUT2D eigenvalue weighted by molar-refractivity contribution is 7.99. The van der Waals surface area contributed by atoms with Gasteiger partial charge in [-0.1, -0.05) is 6.92 Å². The SMILES string of the molecule is CCSCCCN1CC(=O)NC(C)C1=O. The van der Waals surface area contributed by atoms with E-state index < -0.39 is 0 Å². The lowest BCUT2D eigenvalue weighted by Gasteiger charge is -2.30. The number of rotatable bonds is 5. The highest BCUT2D eigenvalue weighted by Gasteiger charge is 2.28. The molecule has 1 saturated heterocycles. The van der Waals surface area contributed by atoms with Crippen LogP contribution < -0.4 is 5.32 Å². The zero-order valence-electron chi connectivity index (χ0n) is 9.28. The average Bonchev–Trinajstić information content (AvgIpc) is 2.19. The third-order valence-corrected chi connectivity index (χ3v) is 3.30. The van der Waals surface area contributed by atoms with Crippen LogP contribution >= 0.6 is 11.8 Å². The number of carbonyl (C=O) groups excluding carboxylic acids is 2. The summed E-state index contributed by atoms with van der Waals surface area (Å²) in [6.45, 7) is 4.77. The number of hydrogen-bond donors (Lipinski definition) is 1. The smallest absolute Gasteiger partial charge is 0.245 e. The van der Waals surface area contributed by atoms with Gasteiger partial charge in [-0.25, -0.2) is 0 Å². The Morgan fingerprint density at radius 3 is 2.93 bits per heavy atom. The molecule has 0 aromatic carbocycles. The van der Waals surface area contributed by atoms with Crippen LogP contribution in [0.5, 0.6) is 0 Å². The maximum atomic E-state index is 11.6. The van der Waals surface area contributed by atoms with Crippen LogP contribution in [0, 0.1) is 0 Å². The number of nitrogens with one attached hydrogen (secondary N) is 1. The van der Waals surface area contributed by atoms with Gasteiger partial charge in [-0.15, -0.1) is 0 Å². The Morgan fingerprint density at radius 1 is 1.53 bits per heavy atom. The Balaban J connectivity index is 2.32. The highest BCUT2D eigenvalue weighted by atomic mass is 32.2. The first-order chi connectivity index (χ1) is 7.15. The molecule has 0 bridgehead atoms. The Bertz CT molecular complexity index is 246. The zero-order valence-corrected chi connectivity index (χ0v) is 10.1. The van der Waals surface area contributed by atoms with E-state index in [-0.39, 0.29) is 24.4 Å². The zero-order chi connectivity index (χ0) is 11.3. The standard InChI is InChI=1S/C10H18N2O2S/c1-3-15-6-4-5-12-7-9(13)11-8(2)10(12)14/h8H,3-7H2,1-2H3,(H,11,13). The van der Waals surface area contributed by atoms with Gasteiger partial charge in [0, 0.05) is 6.54 Å². The lowest BCUT2D eigenvalue weighted by atomic mass is 10.2. The topological polar surface area (TPSA) is 49.4 Å². The number of piperazine rings is 1. The van der Waals surface area contributed by atoms with Gasteiger partial charge in [-0.3, -0.25) is 9.59 Å². The lowest BCUT2D eigenvalue weighted by molar-refractivity contribution is -0.143. The molecular weight excluding hydrogens is 212 g/mol. The maximum absolute atomic E-state index is 11.6. The van der Waals surface area contributed by atoms with Crippen molar-refractivity contribution in [1.82, 2.24) is 10.2 Å². The van der Waals surface area contributed by atoms with Crippen molar-refractivity contribution in [2.24, 2.45) is 0 Å². The van der Waals surface area contributed by atoms with Crippen molar-refractivity contribution in [3.63, 3.8) is 0 Å². The molecule has 15 heavy (non-hydrogen) atoms. The van der Waals surface area contributed by atoms with Crippen molar-refractivity contribution in [2.45, 2.75) is 26.3 Å². The third-order valence-electron chi connectivity index (χ3n) is 2.31. The minimum atomic E-state index is -0.356. The number of thioether (sulfide) groups is 1. The van der Waals surface area contributed by atoms with E-state index in [0.29, 0.717) is 6.54 Å². The monoisotopic (exact) mass is 230 g/mol. The van der Waals surface area contributed by atoms with E-state index in [1.165, 1.54) is 0 Å². The highest BCUT2D eigenvalue weighted by Crippen LogP contribution is 2.06. The van der Waals surface area contributed by atoms with Gasteiger partial charge in [0.05, 0.1) is 6.54 Å². The predicted octanol–water partition coefficient (Wildman–Crippen LogP) is 0.476. The molecule has 0 radical (unpaired) electrons. The second-order valence-corrected chi connectivity index (χ2v) is 4.99. The largest absolute Gasteiger partial charge is 0.343 e. The minimum Gasteiger partial charge on any atom is -0.343 e. The van der Waals surface area contributed by atoms with E-state index in [9.17, 15) is 9.59 Å². The molecule has 1 unspecified atom stereocenters. The maximum Gasteiger partial charge on any atom is 0.245 e. The molecule has 1 rings (SSSR count).